The number of nitrogens with zero attached hydrogens (tertiary/aromatic N) is 1. The van der Waals surface area contributed by atoms with Crippen molar-refractivity contribution in [2.24, 2.45) is 0 Å². The average molecular weight is 330 g/mol. The number of carbonyl (C=O) groups is 1. The lowest BCUT2D eigenvalue weighted by Crippen LogP contribution is -2.48. The van der Waals surface area contributed by atoms with Crippen molar-refractivity contribution in [3.8, 4) is 0 Å². The van der Waals surface area contributed by atoms with E-state index in [0.29, 0.717) is 18.0 Å². The molecule has 0 spiro atoms. The van der Waals surface area contributed by atoms with Crippen LogP contribution >= 0.6 is 0 Å². The fourth-order valence-corrected chi connectivity index (χ4v) is 3.13. The molecule has 1 aliphatic rings. The summed E-state index contributed by atoms with van der Waals surface area (Å²) < 4.78 is 19.6. The molecule has 2 heterocycles. The standard InChI is InChI=1S/C19H23FN2O2/c1-3-15-7-9-18(24-15)19(23)21-14-5-4-10-22(12-14)17-11-13(2)6-8-16(17)20/h6-9,11,14H,3-5,10,12H2,1-2H3,(H,21,23). The number of halogens is 1. The van der Waals surface area contributed by atoms with Gasteiger partial charge in [-0.25, -0.2) is 4.39 Å². The maximum atomic E-state index is 14.1. The molecule has 0 aliphatic carbocycles. The topological polar surface area (TPSA) is 45.5 Å². The number of hydrogen-bond donors (Lipinski definition) is 1. The predicted molar refractivity (Wildman–Crippen MR) is 91.9 cm³/mol. The first-order chi connectivity index (χ1) is 11.6. The molecule has 0 bridgehead atoms. The summed E-state index contributed by atoms with van der Waals surface area (Å²) in [5.41, 5.74) is 1.64. The van der Waals surface area contributed by atoms with Gasteiger partial charge in [-0.1, -0.05) is 13.0 Å². The number of benzene rings is 1. The Bertz CT molecular complexity index is 726. The molecule has 1 saturated heterocycles. The first-order valence-electron chi connectivity index (χ1n) is 8.47. The lowest BCUT2D eigenvalue weighted by atomic mass is 10.0. The Morgan fingerprint density at radius 1 is 1.38 bits per heavy atom. The molecular formula is C19H23FN2O2. The van der Waals surface area contributed by atoms with Crippen LogP contribution < -0.4 is 10.2 Å². The second kappa shape index (κ2) is 7.07. The number of hydrogen-bond acceptors (Lipinski definition) is 3. The minimum absolute atomic E-state index is 0.0126. The average Bonchev–Trinajstić information content (AvgIpc) is 3.06. The monoisotopic (exact) mass is 330 g/mol. The van der Waals surface area contributed by atoms with Gasteiger partial charge in [0.1, 0.15) is 11.6 Å². The van der Waals surface area contributed by atoms with Crippen LogP contribution in [0.3, 0.4) is 0 Å². The zero-order valence-electron chi connectivity index (χ0n) is 14.1. The summed E-state index contributed by atoms with van der Waals surface area (Å²) in [6, 6.07) is 8.65. The Kier molecular flexibility index (Phi) is 4.88. The van der Waals surface area contributed by atoms with Gasteiger partial charge < -0.3 is 14.6 Å². The number of rotatable bonds is 4. The van der Waals surface area contributed by atoms with Crippen molar-refractivity contribution in [2.45, 2.75) is 39.2 Å². The molecule has 0 saturated carbocycles. The number of aryl methyl sites for hydroxylation is 2. The zero-order valence-corrected chi connectivity index (χ0v) is 14.1. The smallest absolute Gasteiger partial charge is 0.287 e. The largest absolute Gasteiger partial charge is 0.456 e. The maximum absolute atomic E-state index is 14.1. The van der Waals surface area contributed by atoms with Gasteiger partial charge in [-0.2, -0.15) is 0 Å². The molecule has 5 heteroatoms. The summed E-state index contributed by atoms with van der Waals surface area (Å²) in [6.07, 6.45) is 2.56. The Balaban J connectivity index is 1.67. The van der Waals surface area contributed by atoms with E-state index in [1.807, 2.05) is 30.9 Å². The quantitative estimate of drug-likeness (QED) is 0.930. The van der Waals surface area contributed by atoms with Crippen molar-refractivity contribution in [2.75, 3.05) is 18.0 Å². The number of nitrogens with one attached hydrogen (secondary N) is 1. The molecular weight excluding hydrogens is 307 g/mol. The van der Waals surface area contributed by atoms with Crippen molar-refractivity contribution in [3.63, 3.8) is 0 Å². The van der Waals surface area contributed by atoms with Crippen molar-refractivity contribution in [3.05, 3.63) is 53.2 Å². The summed E-state index contributed by atoms with van der Waals surface area (Å²) in [6.45, 7) is 5.34. The molecule has 1 aromatic heterocycles. The van der Waals surface area contributed by atoms with Gasteiger partial charge in [0, 0.05) is 25.6 Å². The summed E-state index contributed by atoms with van der Waals surface area (Å²) in [5, 5.41) is 3.01. The highest BCUT2D eigenvalue weighted by Gasteiger charge is 2.24. The molecule has 24 heavy (non-hydrogen) atoms. The fourth-order valence-electron chi connectivity index (χ4n) is 3.13. The molecule has 1 fully saturated rings. The molecule has 1 N–H and O–H groups in total. The maximum Gasteiger partial charge on any atom is 0.287 e. The summed E-state index contributed by atoms with van der Waals surface area (Å²) in [5.74, 6) is 0.718. The third-order valence-electron chi connectivity index (χ3n) is 4.43. The number of piperidine rings is 1. The van der Waals surface area contributed by atoms with Crippen LogP contribution in [0.2, 0.25) is 0 Å². The minimum Gasteiger partial charge on any atom is -0.456 e. The number of carbonyl (C=O) groups excluding carboxylic acids is 1. The molecule has 1 amide bonds. The van der Waals surface area contributed by atoms with Crippen molar-refractivity contribution < 1.29 is 13.6 Å². The van der Waals surface area contributed by atoms with Crippen LogP contribution in [-0.2, 0) is 6.42 Å². The van der Waals surface area contributed by atoms with E-state index in [9.17, 15) is 9.18 Å². The van der Waals surface area contributed by atoms with Gasteiger partial charge in [0.05, 0.1) is 5.69 Å². The third-order valence-corrected chi connectivity index (χ3v) is 4.43. The van der Waals surface area contributed by atoms with Crippen LogP contribution in [0.25, 0.3) is 0 Å². The molecule has 1 aromatic carbocycles. The van der Waals surface area contributed by atoms with E-state index in [0.717, 1.165) is 37.1 Å². The highest BCUT2D eigenvalue weighted by Crippen LogP contribution is 2.24. The Labute approximate surface area is 141 Å². The zero-order chi connectivity index (χ0) is 17.1. The van der Waals surface area contributed by atoms with Crippen LogP contribution in [0.15, 0.2) is 34.7 Å². The Morgan fingerprint density at radius 3 is 2.96 bits per heavy atom. The molecule has 4 nitrogen and oxygen atoms in total. The van der Waals surface area contributed by atoms with Crippen LogP contribution in [0, 0.1) is 12.7 Å². The van der Waals surface area contributed by atoms with Gasteiger partial charge in [0.2, 0.25) is 0 Å². The summed E-state index contributed by atoms with van der Waals surface area (Å²) in [7, 11) is 0. The number of amides is 1. The van der Waals surface area contributed by atoms with Crippen LogP contribution in [-0.4, -0.2) is 25.0 Å². The molecule has 128 valence electrons. The number of furan rings is 1. The van der Waals surface area contributed by atoms with E-state index in [4.69, 9.17) is 4.42 Å². The first-order valence-corrected chi connectivity index (χ1v) is 8.47. The van der Waals surface area contributed by atoms with Crippen molar-refractivity contribution in [1.82, 2.24) is 5.32 Å². The van der Waals surface area contributed by atoms with E-state index in [-0.39, 0.29) is 17.8 Å². The van der Waals surface area contributed by atoms with Crippen LogP contribution in [0.5, 0.6) is 0 Å². The molecule has 2 aromatic rings. The van der Waals surface area contributed by atoms with E-state index >= 15 is 0 Å². The van der Waals surface area contributed by atoms with Crippen molar-refractivity contribution >= 4 is 11.6 Å². The minimum atomic E-state index is -0.216. The van der Waals surface area contributed by atoms with Gasteiger partial charge in [-0.15, -0.1) is 0 Å². The van der Waals surface area contributed by atoms with E-state index < -0.39 is 0 Å². The molecule has 3 rings (SSSR count). The SMILES string of the molecule is CCc1ccc(C(=O)NC2CCCN(c3cc(C)ccc3F)C2)o1. The number of anilines is 1. The fraction of sp³-hybridized carbons (Fsp3) is 0.421. The molecule has 1 unspecified atom stereocenters. The van der Waals surface area contributed by atoms with Gasteiger partial charge >= 0.3 is 0 Å². The highest BCUT2D eigenvalue weighted by molar-refractivity contribution is 5.91. The predicted octanol–water partition coefficient (Wildman–Crippen LogP) is 3.69. The van der Waals surface area contributed by atoms with Crippen LogP contribution in [0.4, 0.5) is 10.1 Å². The molecule has 0 radical (unpaired) electrons. The van der Waals surface area contributed by atoms with Gasteiger partial charge in [-0.3, -0.25) is 4.79 Å². The summed E-state index contributed by atoms with van der Waals surface area (Å²) >= 11 is 0. The molecule has 1 atom stereocenters. The van der Waals surface area contributed by atoms with Crippen LogP contribution in [0.1, 0.15) is 41.6 Å². The second-order valence-electron chi connectivity index (χ2n) is 6.33. The highest BCUT2D eigenvalue weighted by atomic mass is 19.1. The Hall–Kier alpha value is -2.30. The van der Waals surface area contributed by atoms with Crippen molar-refractivity contribution in [1.29, 1.82) is 0 Å². The van der Waals surface area contributed by atoms with E-state index in [1.54, 1.807) is 12.1 Å². The van der Waals surface area contributed by atoms with E-state index in [2.05, 4.69) is 5.32 Å². The van der Waals surface area contributed by atoms with Gasteiger partial charge in [0.25, 0.3) is 5.91 Å². The normalized spacial score (nSPS) is 17.8. The first kappa shape index (κ1) is 16.6. The second-order valence-corrected chi connectivity index (χ2v) is 6.33. The Morgan fingerprint density at radius 2 is 2.21 bits per heavy atom. The molecule has 1 aliphatic heterocycles. The lowest BCUT2D eigenvalue weighted by molar-refractivity contribution is 0.0903. The van der Waals surface area contributed by atoms with Gasteiger partial charge in [0.15, 0.2) is 5.76 Å². The van der Waals surface area contributed by atoms with Gasteiger partial charge in [-0.05, 0) is 49.6 Å². The van der Waals surface area contributed by atoms with E-state index in [1.165, 1.54) is 6.07 Å². The third kappa shape index (κ3) is 3.61. The lowest BCUT2D eigenvalue weighted by Gasteiger charge is -2.35. The summed E-state index contributed by atoms with van der Waals surface area (Å²) in [4.78, 5) is 14.3.